The van der Waals surface area contributed by atoms with E-state index in [0.29, 0.717) is 18.9 Å². The van der Waals surface area contributed by atoms with Gasteiger partial charge in [0.1, 0.15) is 0 Å². The minimum atomic E-state index is -3.71. The fraction of sp³-hybridized carbons (Fsp3) is 0.389. The molecule has 0 bridgehead atoms. The van der Waals surface area contributed by atoms with Crippen molar-refractivity contribution in [2.75, 3.05) is 24.5 Å². The molecule has 3 N–H and O–H groups in total. The quantitative estimate of drug-likeness (QED) is 0.730. The minimum absolute atomic E-state index is 0.0540. The highest BCUT2D eigenvalue weighted by Crippen LogP contribution is 2.19. The second-order valence-electron chi connectivity index (χ2n) is 6.61. The van der Waals surface area contributed by atoms with Crippen molar-refractivity contribution < 1.29 is 13.2 Å². The molecule has 1 aromatic carbocycles. The monoisotopic (exact) mass is 423 g/mol. The van der Waals surface area contributed by atoms with Gasteiger partial charge < -0.3 is 10.2 Å². The molecule has 1 aromatic heterocycles. The number of hydrogen-bond acceptors (Lipinski definition) is 6. The van der Waals surface area contributed by atoms with E-state index >= 15 is 0 Å². The third-order valence-corrected chi connectivity index (χ3v) is 5.74. The highest BCUT2D eigenvalue weighted by atomic mass is 35.5. The first kappa shape index (κ1) is 20.5. The zero-order valence-electron chi connectivity index (χ0n) is 15.3. The highest BCUT2D eigenvalue weighted by molar-refractivity contribution is 7.89. The average molecular weight is 424 g/mol. The van der Waals surface area contributed by atoms with E-state index < -0.39 is 10.0 Å². The third kappa shape index (κ3) is 5.18. The summed E-state index contributed by atoms with van der Waals surface area (Å²) in [5, 5.41) is 8.07. The van der Waals surface area contributed by atoms with Crippen molar-refractivity contribution in [1.82, 2.24) is 15.3 Å². The van der Waals surface area contributed by atoms with Gasteiger partial charge in [0.2, 0.25) is 16.0 Å². The van der Waals surface area contributed by atoms with Gasteiger partial charge in [-0.3, -0.25) is 4.79 Å². The molecule has 0 unspecified atom stereocenters. The van der Waals surface area contributed by atoms with Gasteiger partial charge in [0.25, 0.3) is 5.91 Å². The number of carbonyl (C=O) groups is 1. The van der Waals surface area contributed by atoms with Crippen molar-refractivity contribution in [2.45, 2.75) is 30.6 Å². The Balaban J connectivity index is 1.60. The van der Waals surface area contributed by atoms with E-state index in [1.807, 2.05) is 0 Å². The first-order valence-corrected chi connectivity index (χ1v) is 10.9. The number of primary sulfonamides is 1. The maximum absolute atomic E-state index is 12.5. The van der Waals surface area contributed by atoms with Crippen molar-refractivity contribution in [2.24, 2.45) is 5.14 Å². The number of benzene rings is 1. The average Bonchev–Trinajstić information content (AvgIpc) is 2.68. The molecule has 10 heteroatoms. The molecule has 1 aliphatic heterocycles. The number of rotatable bonds is 6. The molecule has 1 fully saturated rings. The smallest absolute Gasteiger partial charge is 0.271 e. The van der Waals surface area contributed by atoms with E-state index in [9.17, 15) is 13.2 Å². The van der Waals surface area contributed by atoms with Gasteiger partial charge in [0.05, 0.1) is 16.1 Å². The molecule has 2 aromatic rings. The van der Waals surface area contributed by atoms with Gasteiger partial charge in [-0.15, -0.1) is 0 Å². The van der Waals surface area contributed by atoms with Gasteiger partial charge in [-0.25, -0.2) is 23.5 Å². The molecule has 0 aliphatic carbocycles. The second-order valence-corrected chi connectivity index (χ2v) is 8.58. The number of nitrogens with two attached hydrogens (primary N) is 1. The van der Waals surface area contributed by atoms with Gasteiger partial charge in [0.15, 0.2) is 5.69 Å². The summed E-state index contributed by atoms with van der Waals surface area (Å²) >= 11 is 6.11. The fourth-order valence-corrected chi connectivity index (χ4v) is 3.71. The molecule has 3 rings (SSSR count). The number of anilines is 1. The Morgan fingerprint density at radius 2 is 1.86 bits per heavy atom. The minimum Gasteiger partial charge on any atom is -0.350 e. The van der Waals surface area contributed by atoms with E-state index in [-0.39, 0.29) is 21.5 Å². The lowest BCUT2D eigenvalue weighted by Gasteiger charge is -2.26. The van der Waals surface area contributed by atoms with E-state index in [2.05, 4.69) is 20.2 Å². The molecule has 1 aliphatic rings. The lowest BCUT2D eigenvalue weighted by atomic mass is 10.1. The number of halogens is 1. The van der Waals surface area contributed by atoms with Crippen LogP contribution in [0.2, 0.25) is 5.02 Å². The molecule has 0 atom stereocenters. The van der Waals surface area contributed by atoms with E-state index in [4.69, 9.17) is 16.7 Å². The van der Waals surface area contributed by atoms with Crippen molar-refractivity contribution in [1.29, 1.82) is 0 Å². The summed E-state index contributed by atoms with van der Waals surface area (Å²) in [6.07, 6.45) is 5.34. The van der Waals surface area contributed by atoms with Crippen molar-refractivity contribution in [3.63, 3.8) is 0 Å². The maximum atomic E-state index is 12.5. The van der Waals surface area contributed by atoms with Crippen LogP contribution in [-0.4, -0.2) is 43.9 Å². The number of nitrogens with one attached hydrogen (secondary N) is 1. The molecule has 0 saturated carbocycles. The second kappa shape index (κ2) is 8.85. The molecule has 1 amide bonds. The molecule has 0 spiro atoms. The molecular weight excluding hydrogens is 402 g/mol. The van der Waals surface area contributed by atoms with Crippen molar-refractivity contribution >= 4 is 33.5 Å². The van der Waals surface area contributed by atoms with Crippen LogP contribution < -0.4 is 15.4 Å². The number of piperidine rings is 1. The molecule has 8 nitrogen and oxygen atoms in total. The van der Waals surface area contributed by atoms with Gasteiger partial charge >= 0.3 is 0 Å². The first-order chi connectivity index (χ1) is 13.3. The Morgan fingerprint density at radius 1 is 1.18 bits per heavy atom. The highest BCUT2D eigenvalue weighted by Gasteiger charge is 2.18. The number of amides is 1. The van der Waals surface area contributed by atoms with Crippen LogP contribution in [0.1, 0.15) is 35.3 Å². The summed E-state index contributed by atoms with van der Waals surface area (Å²) in [5.74, 6) is 0.152. The maximum Gasteiger partial charge on any atom is 0.271 e. The summed E-state index contributed by atoms with van der Waals surface area (Å²) in [7, 11) is -3.71. The number of nitrogens with zero attached hydrogens (tertiary/aromatic N) is 3. The predicted octanol–water partition coefficient (Wildman–Crippen LogP) is 1.74. The van der Waals surface area contributed by atoms with E-state index in [1.54, 1.807) is 12.1 Å². The largest absolute Gasteiger partial charge is 0.350 e. The van der Waals surface area contributed by atoms with Crippen LogP contribution in [0.25, 0.3) is 0 Å². The topological polar surface area (TPSA) is 118 Å². The van der Waals surface area contributed by atoms with Crippen LogP contribution in [-0.2, 0) is 16.4 Å². The van der Waals surface area contributed by atoms with Crippen LogP contribution >= 0.6 is 11.6 Å². The number of sulfonamides is 1. The Hall–Kier alpha value is -2.23. The number of aromatic nitrogens is 2. The van der Waals surface area contributed by atoms with Crippen LogP contribution in [0, 0.1) is 0 Å². The molecular formula is C18H22ClN5O3S. The SMILES string of the molecule is NS(=O)(=O)c1ccc(CCNC(=O)c2nc(N3CCCCC3)ncc2Cl)cc1. The molecule has 2 heterocycles. The predicted molar refractivity (Wildman–Crippen MR) is 107 cm³/mol. The zero-order valence-corrected chi connectivity index (χ0v) is 16.8. The Kier molecular flexibility index (Phi) is 6.48. The molecule has 0 radical (unpaired) electrons. The summed E-state index contributed by atoms with van der Waals surface area (Å²) in [5.41, 5.74) is 1.03. The van der Waals surface area contributed by atoms with E-state index in [0.717, 1.165) is 31.5 Å². The number of carbonyl (C=O) groups excluding carboxylic acids is 1. The zero-order chi connectivity index (χ0) is 20.1. The van der Waals surface area contributed by atoms with Gasteiger partial charge in [-0.05, 0) is 43.4 Å². The van der Waals surface area contributed by atoms with Crippen LogP contribution in [0.5, 0.6) is 0 Å². The van der Waals surface area contributed by atoms with E-state index in [1.165, 1.54) is 24.8 Å². The fourth-order valence-electron chi connectivity index (χ4n) is 3.01. The van der Waals surface area contributed by atoms with Gasteiger partial charge in [-0.1, -0.05) is 23.7 Å². The molecule has 1 saturated heterocycles. The Labute approximate surface area is 169 Å². The normalized spacial score (nSPS) is 14.7. The summed E-state index contributed by atoms with van der Waals surface area (Å²) < 4.78 is 22.5. The Morgan fingerprint density at radius 3 is 2.50 bits per heavy atom. The summed E-state index contributed by atoms with van der Waals surface area (Å²) in [4.78, 5) is 23.2. The van der Waals surface area contributed by atoms with Crippen LogP contribution in [0.15, 0.2) is 35.4 Å². The van der Waals surface area contributed by atoms with Crippen molar-refractivity contribution in [3.8, 4) is 0 Å². The third-order valence-electron chi connectivity index (χ3n) is 4.54. The number of hydrogen-bond donors (Lipinski definition) is 2. The Bertz CT molecular complexity index is 944. The molecule has 150 valence electrons. The summed E-state index contributed by atoms with van der Waals surface area (Å²) in [6.45, 7) is 2.10. The summed E-state index contributed by atoms with van der Waals surface area (Å²) in [6, 6.07) is 6.22. The standard InChI is InChI=1S/C18H22ClN5O3S/c19-15-12-22-18(24-10-2-1-3-11-24)23-16(15)17(25)21-9-8-13-4-6-14(7-5-13)28(20,26)27/h4-7,12H,1-3,8-11H2,(H,21,25)(H2,20,26,27). The lowest BCUT2D eigenvalue weighted by molar-refractivity contribution is 0.0949. The molecule has 28 heavy (non-hydrogen) atoms. The lowest BCUT2D eigenvalue weighted by Crippen LogP contribution is -2.32. The van der Waals surface area contributed by atoms with Gasteiger partial charge in [-0.2, -0.15) is 0 Å². The van der Waals surface area contributed by atoms with Crippen molar-refractivity contribution in [3.05, 3.63) is 46.7 Å². The van der Waals surface area contributed by atoms with Crippen LogP contribution in [0.3, 0.4) is 0 Å². The van der Waals surface area contributed by atoms with Gasteiger partial charge in [0, 0.05) is 19.6 Å². The first-order valence-electron chi connectivity index (χ1n) is 9.02. The van der Waals surface area contributed by atoms with Crippen LogP contribution in [0.4, 0.5) is 5.95 Å².